The van der Waals surface area contributed by atoms with E-state index in [1.165, 1.54) is 19.2 Å². The van der Waals surface area contributed by atoms with Gasteiger partial charge in [0.15, 0.2) is 12.4 Å². The summed E-state index contributed by atoms with van der Waals surface area (Å²) in [6, 6.07) is 9.08. The molecule has 0 saturated carbocycles. The lowest BCUT2D eigenvalue weighted by atomic mass is 10.1. The Bertz CT molecular complexity index is 988. The first-order valence-corrected chi connectivity index (χ1v) is 8.85. The second kappa shape index (κ2) is 10.0. The van der Waals surface area contributed by atoms with Crippen molar-refractivity contribution in [2.24, 2.45) is 0 Å². The Morgan fingerprint density at radius 3 is 2.53 bits per heavy atom. The van der Waals surface area contributed by atoms with E-state index in [-0.39, 0.29) is 17.0 Å². The number of amides is 2. The minimum Gasteiger partial charge on any atom is -0.490 e. The minimum atomic E-state index is -0.831. The molecule has 0 aromatic heterocycles. The molecular formula is C20H21N3O7. The highest BCUT2D eigenvalue weighted by atomic mass is 16.6. The number of anilines is 1. The smallest absolute Gasteiger partial charge is 0.325 e. The third kappa shape index (κ3) is 5.77. The molecule has 30 heavy (non-hydrogen) atoms. The van der Waals surface area contributed by atoms with Gasteiger partial charge in [0.25, 0.3) is 11.8 Å². The second-order valence-corrected chi connectivity index (χ2v) is 6.28. The fourth-order valence-electron chi connectivity index (χ4n) is 2.50. The lowest BCUT2D eigenvalue weighted by Crippen LogP contribution is -2.32. The number of rotatable bonds is 8. The number of nitro benzene ring substituents is 1. The number of methoxy groups -OCH3 is 1. The van der Waals surface area contributed by atoms with Crippen LogP contribution in [0.25, 0.3) is 0 Å². The third-order valence-electron chi connectivity index (χ3n) is 4.27. The van der Waals surface area contributed by atoms with Crippen molar-refractivity contribution < 1.29 is 28.8 Å². The number of ether oxygens (including phenoxy) is 2. The summed E-state index contributed by atoms with van der Waals surface area (Å²) < 4.78 is 9.70. The predicted molar refractivity (Wildman–Crippen MR) is 107 cm³/mol. The van der Waals surface area contributed by atoms with E-state index in [1.807, 2.05) is 19.9 Å². The normalized spacial score (nSPS) is 10.1. The highest BCUT2D eigenvalue weighted by molar-refractivity contribution is 5.97. The van der Waals surface area contributed by atoms with Crippen molar-refractivity contribution in [2.75, 3.05) is 25.6 Å². The average Bonchev–Trinajstić information content (AvgIpc) is 2.73. The van der Waals surface area contributed by atoms with E-state index in [4.69, 9.17) is 9.47 Å². The Labute approximate surface area is 172 Å². The highest BCUT2D eigenvalue weighted by Gasteiger charge is 2.19. The van der Waals surface area contributed by atoms with Gasteiger partial charge in [-0.2, -0.15) is 0 Å². The van der Waals surface area contributed by atoms with Gasteiger partial charge in [0, 0.05) is 17.3 Å². The summed E-state index contributed by atoms with van der Waals surface area (Å²) >= 11 is 0. The maximum Gasteiger partial charge on any atom is 0.325 e. The Balaban J connectivity index is 1.85. The van der Waals surface area contributed by atoms with Crippen LogP contribution in [0.2, 0.25) is 0 Å². The van der Waals surface area contributed by atoms with Crippen LogP contribution in [-0.2, 0) is 14.3 Å². The molecule has 10 heteroatoms. The zero-order valence-corrected chi connectivity index (χ0v) is 16.7. The first-order chi connectivity index (χ1) is 14.2. The molecule has 0 atom stereocenters. The summed E-state index contributed by atoms with van der Waals surface area (Å²) in [6.45, 7) is 2.74. The standard InChI is InChI=1S/C20H21N3O7/c1-12-5-4-6-15(13(12)2)22-18(24)11-30-19(25)10-21-20(26)14-7-8-17(29-3)16(9-14)23(27)28/h4-9H,10-11H2,1-3H3,(H,21,26)(H,22,24). The van der Waals surface area contributed by atoms with E-state index < -0.39 is 35.9 Å². The number of esters is 1. The van der Waals surface area contributed by atoms with Crippen molar-refractivity contribution in [3.05, 3.63) is 63.2 Å². The second-order valence-electron chi connectivity index (χ2n) is 6.28. The van der Waals surface area contributed by atoms with E-state index in [2.05, 4.69) is 10.6 Å². The Kier molecular flexibility index (Phi) is 7.45. The molecule has 2 aromatic carbocycles. The molecule has 0 bridgehead atoms. The van der Waals surface area contributed by atoms with Crippen LogP contribution in [0.15, 0.2) is 36.4 Å². The number of nitrogens with zero attached hydrogens (tertiary/aromatic N) is 1. The quantitative estimate of drug-likeness (QED) is 0.383. The van der Waals surface area contributed by atoms with E-state index in [9.17, 15) is 24.5 Å². The Morgan fingerprint density at radius 1 is 1.13 bits per heavy atom. The monoisotopic (exact) mass is 415 g/mol. The molecule has 0 aliphatic heterocycles. The molecule has 2 N–H and O–H groups in total. The van der Waals surface area contributed by atoms with Gasteiger partial charge in [-0.3, -0.25) is 24.5 Å². The van der Waals surface area contributed by atoms with E-state index in [0.29, 0.717) is 5.69 Å². The zero-order valence-electron chi connectivity index (χ0n) is 16.7. The van der Waals surface area contributed by atoms with Crippen molar-refractivity contribution in [2.45, 2.75) is 13.8 Å². The summed E-state index contributed by atoms with van der Waals surface area (Å²) in [7, 11) is 1.27. The van der Waals surface area contributed by atoms with E-state index in [0.717, 1.165) is 17.2 Å². The van der Waals surface area contributed by atoms with Crippen LogP contribution >= 0.6 is 0 Å². The summed E-state index contributed by atoms with van der Waals surface area (Å²) in [4.78, 5) is 46.2. The van der Waals surface area contributed by atoms with Gasteiger partial charge >= 0.3 is 11.7 Å². The molecule has 158 valence electrons. The SMILES string of the molecule is COc1ccc(C(=O)NCC(=O)OCC(=O)Nc2cccc(C)c2C)cc1[N+](=O)[O-]. The van der Waals surface area contributed by atoms with E-state index in [1.54, 1.807) is 12.1 Å². The van der Waals surface area contributed by atoms with Crippen molar-refractivity contribution in [3.8, 4) is 5.75 Å². The van der Waals surface area contributed by atoms with Crippen LogP contribution in [0.1, 0.15) is 21.5 Å². The fourth-order valence-corrected chi connectivity index (χ4v) is 2.50. The summed E-state index contributed by atoms with van der Waals surface area (Å²) in [5.74, 6) is -2.06. The molecule has 2 rings (SSSR count). The zero-order chi connectivity index (χ0) is 22.3. The summed E-state index contributed by atoms with van der Waals surface area (Å²) in [5, 5.41) is 16.0. The van der Waals surface area contributed by atoms with Crippen LogP contribution in [0.5, 0.6) is 5.75 Å². The van der Waals surface area contributed by atoms with Crippen LogP contribution in [0.4, 0.5) is 11.4 Å². The summed E-state index contributed by atoms with van der Waals surface area (Å²) in [6.07, 6.45) is 0. The highest BCUT2D eigenvalue weighted by Crippen LogP contribution is 2.27. The number of nitro groups is 1. The van der Waals surface area contributed by atoms with Gasteiger partial charge in [0.1, 0.15) is 6.54 Å². The minimum absolute atomic E-state index is 0.00539. The topological polar surface area (TPSA) is 137 Å². The van der Waals surface area contributed by atoms with Crippen molar-refractivity contribution in [1.82, 2.24) is 5.32 Å². The van der Waals surface area contributed by atoms with Crippen LogP contribution < -0.4 is 15.4 Å². The number of hydrogen-bond acceptors (Lipinski definition) is 7. The molecule has 0 saturated heterocycles. The van der Waals surface area contributed by atoms with Gasteiger partial charge in [0.2, 0.25) is 0 Å². The maximum absolute atomic E-state index is 12.1. The van der Waals surface area contributed by atoms with Gasteiger partial charge in [0.05, 0.1) is 12.0 Å². The fraction of sp³-hybridized carbons (Fsp3) is 0.250. The molecular weight excluding hydrogens is 394 g/mol. The molecule has 0 heterocycles. The van der Waals surface area contributed by atoms with Gasteiger partial charge < -0.3 is 20.1 Å². The molecule has 0 radical (unpaired) electrons. The molecule has 0 aliphatic carbocycles. The van der Waals surface area contributed by atoms with Crippen LogP contribution in [0.3, 0.4) is 0 Å². The number of benzene rings is 2. The largest absolute Gasteiger partial charge is 0.490 e. The molecule has 10 nitrogen and oxygen atoms in total. The first kappa shape index (κ1) is 22.3. The number of carbonyl (C=O) groups excluding carboxylic acids is 3. The van der Waals surface area contributed by atoms with Crippen molar-refractivity contribution in [1.29, 1.82) is 0 Å². The Hall–Kier alpha value is -3.95. The molecule has 2 amide bonds. The number of aryl methyl sites for hydroxylation is 1. The molecule has 0 fully saturated rings. The van der Waals surface area contributed by atoms with Crippen LogP contribution in [0, 0.1) is 24.0 Å². The van der Waals surface area contributed by atoms with Crippen molar-refractivity contribution in [3.63, 3.8) is 0 Å². The lowest BCUT2D eigenvalue weighted by Gasteiger charge is -2.11. The van der Waals surface area contributed by atoms with E-state index >= 15 is 0 Å². The Morgan fingerprint density at radius 2 is 1.87 bits per heavy atom. The first-order valence-electron chi connectivity index (χ1n) is 8.85. The lowest BCUT2D eigenvalue weighted by molar-refractivity contribution is -0.385. The average molecular weight is 415 g/mol. The predicted octanol–water partition coefficient (Wildman–Crippen LogP) is 2.13. The van der Waals surface area contributed by atoms with Gasteiger partial charge in [-0.25, -0.2) is 0 Å². The molecule has 2 aromatic rings. The van der Waals surface area contributed by atoms with Crippen molar-refractivity contribution >= 4 is 29.2 Å². The number of carbonyl (C=O) groups is 3. The van der Waals surface area contributed by atoms with Gasteiger partial charge in [-0.15, -0.1) is 0 Å². The van der Waals surface area contributed by atoms with Gasteiger partial charge in [-0.1, -0.05) is 12.1 Å². The van der Waals surface area contributed by atoms with Gasteiger partial charge in [-0.05, 0) is 43.2 Å². The number of nitrogens with one attached hydrogen (secondary N) is 2. The molecule has 0 aliphatic rings. The third-order valence-corrected chi connectivity index (χ3v) is 4.27. The van der Waals surface area contributed by atoms with Crippen LogP contribution in [-0.4, -0.2) is 43.0 Å². The molecule has 0 unspecified atom stereocenters. The maximum atomic E-state index is 12.1. The number of hydrogen-bond donors (Lipinski definition) is 2. The molecule has 0 spiro atoms. The summed E-state index contributed by atoms with van der Waals surface area (Å²) in [5.41, 5.74) is 2.12.